The van der Waals surface area contributed by atoms with Crippen molar-refractivity contribution in [3.63, 3.8) is 0 Å². The number of aromatic nitrogens is 1. The number of carbonyl (C=O) groups excluding carboxylic acids is 1. The number of carbonyl (C=O) groups is 1. The summed E-state index contributed by atoms with van der Waals surface area (Å²) in [4.78, 5) is 30.4. The average molecular weight is 668 g/mol. The summed E-state index contributed by atoms with van der Waals surface area (Å²) in [6, 6.07) is 18.3. The lowest BCUT2D eigenvalue weighted by Crippen LogP contribution is -2.41. The van der Waals surface area contributed by atoms with Crippen LogP contribution in [0.4, 0.5) is 13.2 Å². The van der Waals surface area contributed by atoms with Gasteiger partial charge in [-0.2, -0.15) is 18.4 Å². The van der Waals surface area contributed by atoms with Gasteiger partial charge in [0.05, 0.1) is 41.0 Å². The molecule has 5 rings (SSSR count). The molecule has 1 aliphatic heterocycles. The first-order valence-corrected chi connectivity index (χ1v) is 15.2. The molecular formula is C33H25ClF3N3O5S. The minimum atomic E-state index is -5.01. The molecule has 13 heteroatoms. The van der Waals surface area contributed by atoms with Crippen LogP contribution in [0.3, 0.4) is 0 Å². The second-order valence-corrected chi connectivity index (χ2v) is 11.3. The summed E-state index contributed by atoms with van der Waals surface area (Å²) in [5.74, 6) is -0.409. The van der Waals surface area contributed by atoms with Crippen molar-refractivity contribution in [1.82, 2.24) is 4.57 Å². The zero-order valence-electron chi connectivity index (χ0n) is 24.4. The number of benzene rings is 3. The lowest BCUT2D eigenvalue weighted by molar-refractivity contribution is -0.140. The second kappa shape index (κ2) is 13.6. The summed E-state index contributed by atoms with van der Waals surface area (Å²) in [7, 11) is 0. The van der Waals surface area contributed by atoms with Crippen molar-refractivity contribution in [3.05, 3.63) is 125 Å². The van der Waals surface area contributed by atoms with Crippen LogP contribution in [0, 0.1) is 11.3 Å². The molecule has 1 atom stereocenters. The number of esters is 1. The standard InChI is InChI=1S/C33H25ClF3N3O5S/c1-3-43-25-15-21(9-14-24(25)45-18-20-7-5-19(17-38)6-8-20)16-26-30(41)40-28(22-10-12-23(34)13-11-22)27(31(42)44-4-2)29(33(35,36)37)39-32(40)46-26/h5-16,28H,3-4,18H2,1-2H3/b26-16-/t28-/m0/s1. The third kappa shape index (κ3) is 6.85. The van der Waals surface area contributed by atoms with Crippen molar-refractivity contribution in [2.75, 3.05) is 13.2 Å². The van der Waals surface area contributed by atoms with Crippen molar-refractivity contribution in [2.45, 2.75) is 32.7 Å². The molecule has 1 aromatic heterocycles. The van der Waals surface area contributed by atoms with Crippen molar-refractivity contribution >= 4 is 35.0 Å². The third-order valence-corrected chi connectivity index (χ3v) is 8.06. The van der Waals surface area contributed by atoms with Gasteiger partial charge in [-0.25, -0.2) is 9.79 Å². The fraction of sp³-hybridized carbons (Fsp3) is 0.212. The van der Waals surface area contributed by atoms with Crippen molar-refractivity contribution in [2.24, 2.45) is 4.99 Å². The summed E-state index contributed by atoms with van der Waals surface area (Å²) in [6.07, 6.45) is -3.50. The summed E-state index contributed by atoms with van der Waals surface area (Å²) in [5, 5.41) is 9.33. The fourth-order valence-electron chi connectivity index (χ4n) is 4.79. The number of rotatable bonds is 9. The Kier molecular flexibility index (Phi) is 9.65. The predicted molar refractivity (Wildman–Crippen MR) is 165 cm³/mol. The summed E-state index contributed by atoms with van der Waals surface area (Å²) >= 11 is 6.79. The van der Waals surface area contributed by atoms with E-state index in [0.717, 1.165) is 21.5 Å². The van der Waals surface area contributed by atoms with Gasteiger partial charge in [0.25, 0.3) is 5.56 Å². The molecular weight excluding hydrogens is 643 g/mol. The van der Waals surface area contributed by atoms with Crippen LogP contribution in [-0.2, 0) is 16.1 Å². The molecule has 4 aromatic rings. The van der Waals surface area contributed by atoms with E-state index in [1.54, 1.807) is 49.4 Å². The lowest BCUT2D eigenvalue weighted by Gasteiger charge is -2.26. The third-order valence-electron chi connectivity index (χ3n) is 6.82. The van der Waals surface area contributed by atoms with Gasteiger partial charge in [0.1, 0.15) is 6.61 Å². The minimum Gasteiger partial charge on any atom is -0.490 e. The molecule has 0 spiro atoms. The molecule has 3 aromatic carbocycles. The highest BCUT2D eigenvalue weighted by Gasteiger charge is 2.45. The number of hydrogen-bond acceptors (Lipinski definition) is 8. The topological polar surface area (TPSA) is 103 Å². The monoisotopic (exact) mass is 667 g/mol. The van der Waals surface area contributed by atoms with Gasteiger partial charge in [0, 0.05) is 5.02 Å². The van der Waals surface area contributed by atoms with Gasteiger partial charge in [0.2, 0.25) is 0 Å². The van der Waals surface area contributed by atoms with Crippen molar-refractivity contribution in [1.29, 1.82) is 5.26 Å². The maximum Gasteiger partial charge on any atom is 0.434 e. The number of nitriles is 1. The maximum atomic E-state index is 14.3. The molecule has 0 saturated heterocycles. The Labute approximate surface area is 269 Å². The molecule has 0 aliphatic carbocycles. The quantitative estimate of drug-likeness (QED) is 0.208. The van der Waals surface area contributed by atoms with E-state index in [9.17, 15) is 22.8 Å². The largest absolute Gasteiger partial charge is 0.490 e. The maximum absolute atomic E-state index is 14.3. The van der Waals surface area contributed by atoms with Crippen LogP contribution >= 0.6 is 22.9 Å². The van der Waals surface area contributed by atoms with Crippen LogP contribution in [0.2, 0.25) is 5.02 Å². The molecule has 0 N–H and O–H groups in total. The Bertz CT molecular complexity index is 2030. The Hall–Kier alpha value is -4.86. The summed E-state index contributed by atoms with van der Waals surface area (Å²) in [5.41, 5.74) is -0.769. The molecule has 0 amide bonds. The van der Waals surface area contributed by atoms with E-state index in [-0.39, 0.29) is 28.1 Å². The predicted octanol–water partition coefficient (Wildman–Crippen LogP) is 5.84. The van der Waals surface area contributed by atoms with Crippen LogP contribution in [-0.4, -0.2) is 29.9 Å². The minimum absolute atomic E-state index is 0.0815. The van der Waals surface area contributed by atoms with E-state index >= 15 is 0 Å². The first kappa shape index (κ1) is 32.5. The van der Waals surface area contributed by atoms with E-state index in [1.165, 1.54) is 37.3 Å². The number of allylic oxidation sites excluding steroid dienone is 1. The molecule has 0 bridgehead atoms. The molecule has 8 nitrogen and oxygen atoms in total. The smallest absolute Gasteiger partial charge is 0.434 e. The molecule has 1 aliphatic rings. The van der Waals surface area contributed by atoms with Crippen LogP contribution in [0.5, 0.6) is 11.5 Å². The van der Waals surface area contributed by atoms with E-state index < -0.39 is 35.0 Å². The molecule has 46 heavy (non-hydrogen) atoms. The van der Waals surface area contributed by atoms with Gasteiger partial charge in [-0.1, -0.05) is 53.3 Å². The SMILES string of the molecule is CCOC(=O)C1=C(C(F)(F)F)N=c2s/c(=C\c3ccc(OCc4ccc(C#N)cc4)c(OCC)c3)c(=O)n2[C@H]1c1ccc(Cl)cc1. The molecule has 2 heterocycles. The number of thiazole rings is 1. The number of ether oxygens (including phenoxy) is 3. The molecule has 0 fully saturated rings. The number of halogens is 4. The van der Waals surface area contributed by atoms with E-state index in [4.69, 9.17) is 31.1 Å². The van der Waals surface area contributed by atoms with E-state index in [0.29, 0.717) is 34.3 Å². The van der Waals surface area contributed by atoms with E-state index in [2.05, 4.69) is 11.1 Å². The Morgan fingerprint density at radius 1 is 1.04 bits per heavy atom. The number of hydrogen-bond donors (Lipinski definition) is 0. The highest BCUT2D eigenvalue weighted by molar-refractivity contribution is 7.07. The van der Waals surface area contributed by atoms with Crippen LogP contribution < -0.4 is 24.4 Å². The molecule has 0 saturated carbocycles. The van der Waals surface area contributed by atoms with Gasteiger partial charge in [-0.15, -0.1) is 0 Å². The van der Waals surface area contributed by atoms with Gasteiger partial charge in [0.15, 0.2) is 22.0 Å². The zero-order valence-corrected chi connectivity index (χ0v) is 26.0. The zero-order chi connectivity index (χ0) is 33.0. The summed E-state index contributed by atoms with van der Waals surface area (Å²) in [6.45, 7) is 3.61. The van der Waals surface area contributed by atoms with Crippen molar-refractivity contribution in [3.8, 4) is 17.6 Å². The number of alkyl halides is 3. The highest BCUT2D eigenvalue weighted by atomic mass is 35.5. The fourth-order valence-corrected chi connectivity index (χ4v) is 5.92. The van der Waals surface area contributed by atoms with Crippen LogP contribution in [0.1, 0.15) is 42.1 Å². The van der Waals surface area contributed by atoms with Gasteiger partial charge >= 0.3 is 12.1 Å². The second-order valence-electron chi connectivity index (χ2n) is 9.85. The highest BCUT2D eigenvalue weighted by Crippen LogP contribution is 2.38. The van der Waals surface area contributed by atoms with Crippen LogP contribution in [0.25, 0.3) is 6.08 Å². The number of fused-ring (bicyclic) bond motifs is 1. The average Bonchev–Trinajstić information content (AvgIpc) is 3.34. The van der Waals surface area contributed by atoms with E-state index in [1.807, 2.05) is 0 Å². The molecule has 0 unspecified atom stereocenters. The Morgan fingerprint density at radius 2 is 1.76 bits per heavy atom. The van der Waals surface area contributed by atoms with Gasteiger partial charge < -0.3 is 14.2 Å². The first-order chi connectivity index (χ1) is 22.0. The normalized spacial score (nSPS) is 14.7. The first-order valence-electron chi connectivity index (χ1n) is 14.0. The Balaban J connectivity index is 1.59. The number of nitrogens with zero attached hydrogens (tertiary/aromatic N) is 3. The van der Waals surface area contributed by atoms with Crippen LogP contribution in [0.15, 0.2) is 87.8 Å². The summed E-state index contributed by atoms with van der Waals surface area (Å²) < 4.78 is 60.9. The van der Waals surface area contributed by atoms with Crippen molar-refractivity contribution < 1.29 is 32.2 Å². The lowest BCUT2D eigenvalue weighted by atomic mass is 9.95. The molecule has 236 valence electrons. The van der Waals surface area contributed by atoms with Gasteiger partial charge in [-0.3, -0.25) is 9.36 Å². The van der Waals surface area contributed by atoms with Gasteiger partial charge in [-0.05, 0) is 73.0 Å². The molecule has 0 radical (unpaired) electrons. The Morgan fingerprint density at radius 3 is 2.39 bits per heavy atom.